The summed E-state index contributed by atoms with van der Waals surface area (Å²) in [5, 5.41) is 3.46. The Morgan fingerprint density at radius 3 is 2.47 bits per heavy atom. The molecule has 0 atom stereocenters. The Morgan fingerprint density at radius 1 is 1.21 bits per heavy atom. The van der Waals surface area contributed by atoms with Crippen molar-refractivity contribution in [3.05, 3.63) is 58.1 Å². The number of nitrogens with one attached hydrogen (secondary N) is 1. The van der Waals surface area contributed by atoms with E-state index in [1.54, 1.807) is 0 Å². The lowest BCUT2D eigenvalue weighted by Gasteiger charge is -2.07. The second-order valence-corrected chi connectivity index (χ2v) is 4.74. The zero-order chi connectivity index (χ0) is 14.5. The molecule has 19 heavy (non-hydrogen) atoms. The first-order chi connectivity index (χ1) is 9.27. The van der Waals surface area contributed by atoms with Gasteiger partial charge in [-0.15, -0.1) is 0 Å². The van der Waals surface area contributed by atoms with Crippen molar-refractivity contribution < 1.29 is 0 Å². The Labute approximate surface area is 126 Å². The van der Waals surface area contributed by atoms with Crippen LogP contribution in [0.4, 0.5) is 0 Å². The molecule has 1 aromatic rings. The van der Waals surface area contributed by atoms with E-state index in [1.165, 1.54) is 15.6 Å². The van der Waals surface area contributed by atoms with Crippen LogP contribution >= 0.6 is 15.9 Å². The van der Waals surface area contributed by atoms with E-state index >= 15 is 0 Å². The molecule has 0 fully saturated rings. The van der Waals surface area contributed by atoms with Gasteiger partial charge < -0.3 is 5.32 Å². The summed E-state index contributed by atoms with van der Waals surface area (Å²) in [6.07, 6.45) is 7.49. The van der Waals surface area contributed by atoms with Crippen LogP contribution in [0.25, 0.3) is 0 Å². The zero-order valence-corrected chi connectivity index (χ0v) is 14.1. The SMILES string of the molecule is C/C=C\C(=C/C)CCNCc1ccccc1Br.CC. The van der Waals surface area contributed by atoms with Crippen LogP contribution in [-0.4, -0.2) is 6.54 Å². The van der Waals surface area contributed by atoms with Crippen molar-refractivity contribution in [3.8, 4) is 0 Å². The van der Waals surface area contributed by atoms with Gasteiger partial charge in [-0.25, -0.2) is 0 Å². The van der Waals surface area contributed by atoms with Gasteiger partial charge in [0.2, 0.25) is 0 Å². The molecule has 0 saturated carbocycles. The molecule has 0 heterocycles. The van der Waals surface area contributed by atoms with Crippen LogP contribution in [0.15, 0.2) is 52.5 Å². The summed E-state index contributed by atoms with van der Waals surface area (Å²) in [6, 6.07) is 8.32. The van der Waals surface area contributed by atoms with E-state index in [1.807, 2.05) is 19.9 Å². The highest BCUT2D eigenvalue weighted by atomic mass is 79.9. The summed E-state index contributed by atoms with van der Waals surface area (Å²) in [5.41, 5.74) is 2.69. The molecular weight excluding hydrogens is 298 g/mol. The maximum absolute atomic E-state index is 3.55. The van der Waals surface area contributed by atoms with Crippen LogP contribution < -0.4 is 5.32 Å². The Balaban J connectivity index is 0.00000154. The summed E-state index contributed by atoms with van der Waals surface area (Å²) in [7, 11) is 0. The van der Waals surface area contributed by atoms with Crippen molar-refractivity contribution in [2.45, 2.75) is 40.7 Å². The average molecular weight is 324 g/mol. The predicted octanol–water partition coefficient (Wildman–Crippen LogP) is 5.48. The van der Waals surface area contributed by atoms with Crippen LogP contribution in [0.1, 0.15) is 39.7 Å². The fraction of sp³-hybridized carbons (Fsp3) is 0.412. The van der Waals surface area contributed by atoms with E-state index in [2.05, 4.69) is 71.5 Å². The standard InChI is InChI=1S/C15H20BrN.C2H6/c1-3-7-13(4-2)10-11-17-12-14-8-5-6-9-15(14)16;1-2/h3-9,17H,10-12H2,1-2H3;1-2H3/b7-3-,13-4+;. The maximum Gasteiger partial charge on any atom is 0.0220 e. The molecule has 0 unspecified atom stereocenters. The molecule has 0 aliphatic rings. The molecule has 0 aliphatic carbocycles. The van der Waals surface area contributed by atoms with Crippen molar-refractivity contribution in [2.24, 2.45) is 0 Å². The van der Waals surface area contributed by atoms with Gasteiger partial charge in [0, 0.05) is 11.0 Å². The molecule has 106 valence electrons. The van der Waals surface area contributed by atoms with E-state index in [-0.39, 0.29) is 0 Å². The molecule has 0 spiro atoms. The van der Waals surface area contributed by atoms with Crippen LogP contribution in [0.3, 0.4) is 0 Å². The molecule has 0 aliphatic heterocycles. The monoisotopic (exact) mass is 323 g/mol. The van der Waals surface area contributed by atoms with E-state index < -0.39 is 0 Å². The maximum atomic E-state index is 3.55. The summed E-state index contributed by atoms with van der Waals surface area (Å²) in [4.78, 5) is 0. The van der Waals surface area contributed by atoms with Gasteiger partial charge in [0.15, 0.2) is 0 Å². The molecule has 0 saturated heterocycles. The van der Waals surface area contributed by atoms with E-state index in [4.69, 9.17) is 0 Å². The van der Waals surface area contributed by atoms with Crippen molar-refractivity contribution in [1.82, 2.24) is 5.32 Å². The summed E-state index contributed by atoms with van der Waals surface area (Å²) >= 11 is 3.55. The molecule has 1 nitrogen and oxygen atoms in total. The minimum atomic E-state index is 0.911. The van der Waals surface area contributed by atoms with Gasteiger partial charge in [-0.1, -0.05) is 71.8 Å². The zero-order valence-electron chi connectivity index (χ0n) is 12.5. The van der Waals surface area contributed by atoms with Gasteiger partial charge in [-0.2, -0.15) is 0 Å². The molecule has 0 bridgehead atoms. The third kappa shape index (κ3) is 8.02. The smallest absolute Gasteiger partial charge is 0.0220 e. The minimum Gasteiger partial charge on any atom is -0.312 e. The molecule has 1 aromatic carbocycles. The molecular formula is C17H26BrN. The minimum absolute atomic E-state index is 0.911. The quantitative estimate of drug-likeness (QED) is 0.540. The first-order valence-electron chi connectivity index (χ1n) is 7.00. The van der Waals surface area contributed by atoms with Gasteiger partial charge in [-0.05, 0) is 38.4 Å². The number of hydrogen-bond acceptors (Lipinski definition) is 1. The molecule has 1 N–H and O–H groups in total. The lowest BCUT2D eigenvalue weighted by atomic mass is 10.1. The fourth-order valence-corrected chi connectivity index (χ4v) is 2.06. The molecule has 0 amide bonds. The Morgan fingerprint density at radius 2 is 1.89 bits per heavy atom. The highest BCUT2D eigenvalue weighted by molar-refractivity contribution is 9.10. The lowest BCUT2D eigenvalue weighted by Crippen LogP contribution is -2.15. The summed E-state index contributed by atoms with van der Waals surface area (Å²) < 4.78 is 1.17. The van der Waals surface area contributed by atoms with Crippen molar-refractivity contribution in [2.75, 3.05) is 6.54 Å². The fourth-order valence-electron chi connectivity index (χ4n) is 1.64. The van der Waals surface area contributed by atoms with Crippen LogP contribution in [0, 0.1) is 0 Å². The topological polar surface area (TPSA) is 12.0 Å². The number of benzene rings is 1. The third-order valence-electron chi connectivity index (χ3n) is 2.62. The second-order valence-electron chi connectivity index (χ2n) is 3.88. The normalized spacial score (nSPS) is 11.3. The van der Waals surface area contributed by atoms with E-state index in [0.717, 1.165) is 19.5 Å². The van der Waals surface area contributed by atoms with Crippen LogP contribution in [0.2, 0.25) is 0 Å². The van der Waals surface area contributed by atoms with Crippen molar-refractivity contribution >= 4 is 15.9 Å². The highest BCUT2D eigenvalue weighted by Crippen LogP contribution is 2.15. The number of halogens is 1. The molecule has 2 heteroatoms. The van der Waals surface area contributed by atoms with Gasteiger partial charge in [0.1, 0.15) is 0 Å². The van der Waals surface area contributed by atoms with Crippen LogP contribution in [-0.2, 0) is 6.54 Å². The summed E-state index contributed by atoms with van der Waals surface area (Å²) in [6.45, 7) is 10.1. The molecule has 1 rings (SSSR count). The first kappa shape index (κ1) is 18.1. The summed E-state index contributed by atoms with van der Waals surface area (Å²) in [5.74, 6) is 0. The Bertz CT molecular complexity index is 394. The van der Waals surface area contributed by atoms with Crippen LogP contribution in [0.5, 0.6) is 0 Å². The van der Waals surface area contributed by atoms with E-state index in [9.17, 15) is 0 Å². The van der Waals surface area contributed by atoms with Gasteiger partial charge in [0.05, 0.1) is 0 Å². The Kier molecular flexibility index (Phi) is 11.6. The van der Waals surface area contributed by atoms with Gasteiger partial charge in [0.25, 0.3) is 0 Å². The van der Waals surface area contributed by atoms with Crippen molar-refractivity contribution in [3.63, 3.8) is 0 Å². The van der Waals surface area contributed by atoms with Gasteiger partial charge >= 0.3 is 0 Å². The number of rotatable bonds is 6. The third-order valence-corrected chi connectivity index (χ3v) is 3.39. The lowest BCUT2D eigenvalue weighted by molar-refractivity contribution is 0.686. The average Bonchev–Trinajstić information content (AvgIpc) is 2.46. The number of allylic oxidation sites excluding steroid dienone is 3. The largest absolute Gasteiger partial charge is 0.312 e. The molecule has 0 radical (unpaired) electrons. The van der Waals surface area contributed by atoms with Gasteiger partial charge in [-0.3, -0.25) is 0 Å². The van der Waals surface area contributed by atoms with E-state index in [0.29, 0.717) is 0 Å². The molecule has 0 aromatic heterocycles. The number of hydrogen-bond donors (Lipinski definition) is 1. The predicted molar refractivity (Wildman–Crippen MR) is 90.4 cm³/mol. The second kappa shape index (κ2) is 12.2. The Hall–Kier alpha value is -0.860. The highest BCUT2D eigenvalue weighted by Gasteiger charge is 1.97. The first-order valence-corrected chi connectivity index (χ1v) is 7.79. The van der Waals surface area contributed by atoms with Crippen molar-refractivity contribution in [1.29, 1.82) is 0 Å².